The van der Waals surface area contributed by atoms with Gasteiger partial charge in [0.15, 0.2) is 0 Å². The summed E-state index contributed by atoms with van der Waals surface area (Å²) in [5.41, 5.74) is 3.94. The van der Waals surface area contributed by atoms with Crippen LogP contribution in [0.3, 0.4) is 0 Å². The molecule has 2 aromatic heterocycles. The second-order valence-corrected chi connectivity index (χ2v) is 12.5. The first-order chi connectivity index (χ1) is 23.4. The lowest BCUT2D eigenvalue weighted by atomic mass is 10.1. The van der Waals surface area contributed by atoms with Crippen molar-refractivity contribution < 1.29 is 14.2 Å². The van der Waals surface area contributed by atoms with E-state index in [1.165, 1.54) is 0 Å². The standard InChI is InChI=1S/C36H42N8O4/c1-4-27(2)44-35(45)42(26-39-44)32-12-10-31(11-13-32)41-21-20-40(22-28(41)3)30-14-16-33(17-15-30)46-23-34-24-47-36(48-34,25-43-37-18-19-38-43)29-8-6-5-7-9-29/h5-19,26-28,34H,4,20-25H2,1-3H3/t27?,28?,34-,36-/m1/s1. The van der Waals surface area contributed by atoms with Gasteiger partial charge >= 0.3 is 5.69 Å². The van der Waals surface area contributed by atoms with Crippen molar-refractivity contribution in [1.82, 2.24) is 29.3 Å². The number of nitrogens with zero attached hydrogens (tertiary/aromatic N) is 8. The Kier molecular flexibility index (Phi) is 9.00. The van der Waals surface area contributed by atoms with Gasteiger partial charge in [-0.1, -0.05) is 37.3 Å². The van der Waals surface area contributed by atoms with Crippen LogP contribution in [0.25, 0.3) is 5.69 Å². The van der Waals surface area contributed by atoms with Gasteiger partial charge in [-0.05, 0) is 68.8 Å². The van der Waals surface area contributed by atoms with Crippen molar-refractivity contribution in [2.45, 2.75) is 57.7 Å². The maximum absolute atomic E-state index is 12.8. The summed E-state index contributed by atoms with van der Waals surface area (Å²) in [6.45, 7) is 10.1. The highest BCUT2D eigenvalue weighted by Gasteiger charge is 2.44. The molecule has 0 radical (unpaired) electrons. The monoisotopic (exact) mass is 650 g/mol. The molecular formula is C36H42N8O4. The third-order valence-electron chi connectivity index (χ3n) is 9.32. The van der Waals surface area contributed by atoms with Crippen LogP contribution < -0.4 is 20.2 Å². The summed E-state index contributed by atoms with van der Waals surface area (Å²) < 4.78 is 22.1. The molecule has 4 heterocycles. The molecule has 3 aromatic carbocycles. The third kappa shape index (κ3) is 6.45. The van der Waals surface area contributed by atoms with E-state index in [4.69, 9.17) is 14.2 Å². The van der Waals surface area contributed by atoms with E-state index in [9.17, 15) is 4.79 Å². The van der Waals surface area contributed by atoms with Crippen LogP contribution in [0, 0.1) is 0 Å². The second-order valence-electron chi connectivity index (χ2n) is 12.5. The average molecular weight is 651 g/mol. The van der Waals surface area contributed by atoms with Crippen LogP contribution in [0.1, 0.15) is 38.8 Å². The molecule has 0 aliphatic carbocycles. The van der Waals surface area contributed by atoms with Gasteiger partial charge in [-0.25, -0.2) is 14.0 Å². The normalized spacial score (nSPS) is 21.8. The summed E-state index contributed by atoms with van der Waals surface area (Å²) >= 11 is 0. The van der Waals surface area contributed by atoms with Crippen molar-refractivity contribution in [2.75, 3.05) is 42.6 Å². The van der Waals surface area contributed by atoms with Crippen molar-refractivity contribution in [3.05, 3.63) is 114 Å². The molecule has 4 atom stereocenters. The summed E-state index contributed by atoms with van der Waals surface area (Å²) in [4.78, 5) is 19.3. The molecule has 0 bridgehead atoms. The molecular weight excluding hydrogens is 608 g/mol. The number of aromatic nitrogens is 6. The Hall–Kier alpha value is -4.94. The minimum atomic E-state index is -0.976. The van der Waals surface area contributed by atoms with E-state index in [1.54, 1.807) is 32.8 Å². The van der Waals surface area contributed by atoms with Gasteiger partial charge in [-0.2, -0.15) is 20.1 Å². The summed E-state index contributed by atoms with van der Waals surface area (Å²) in [7, 11) is 0. The van der Waals surface area contributed by atoms with E-state index in [2.05, 4.69) is 63.2 Å². The minimum absolute atomic E-state index is 0.0683. The molecule has 7 rings (SSSR count). The largest absolute Gasteiger partial charge is 0.491 e. The lowest BCUT2D eigenvalue weighted by Crippen LogP contribution is -2.52. The predicted molar refractivity (Wildman–Crippen MR) is 183 cm³/mol. The van der Waals surface area contributed by atoms with E-state index in [0.717, 1.165) is 54.4 Å². The molecule has 250 valence electrons. The Morgan fingerprint density at radius 3 is 2.33 bits per heavy atom. The number of hydrogen-bond acceptors (Lipinski definition) is 9. The number of ether oxygens (including phenoxy) is 3. The van der Waals surface area contributed by atoms with Crippen molar-refractivity contribution in [3.63, 3.8) is 0 Å². The molecule has 2 saturated heterocycles. The third-order valence-corrected chi connectivity index (χ3v) is 9.32. The molecule has 12 nitrogen and oxygen atoms in total. The molecule has 0 amide bonds. The number of anilines is 2. The van der Waals surface area contributed by atoms with Crippen LogP contribution >= 0.6 is 0 Å². The van der Waals surface area contributed by atoms with E-state index < -0.39 is 5.79 Å². The van der Waals surface area contributed by atoms with Gasteiger partial charge in [0.1, 0.15) is 31.3 Å². The highest BCUT2D eigenvalue weighted by atomic mass is 16.8. The molecule has 0 saturated carbocycles. The zero-order chi connectivity index (χ0) is 33.1. The first-order valence-corrected chi connectivity index (χ1v) is 16.6. The molecule has 2 aliphatic heterocycles. The van der Waals surface area contributed by atoms with Gasteiger partial charge in [0.2, 0.25) is 5.79 Å². The molecule has 0 N–H and O–H groups in total. The van der Waals surface area contributed by atoms with Gasteiger partial charge in [-0.15, -0.1) is 0 Å². The topological polar surface area (TPSA) is 105 Å². The molecule has 2 unspecified atom stereocenters. The first-order valence-electron chi connectivity index (χ1n) is 16.6. The Balaban J connectivity index is 0.933. The fraction of sp³-hybridized carbons (Fsp3) is 0.389. The fourth-order valence-corrected chi connectivity index (χ4v) is 6.47. The van der Waals surface area contributed by atoms with Crippen molar-refractivity contribution >= 4 is 11.4 Å². The molecule has 0 spiro atoms. The minimum Gasteiger partial charge on any atom is -0.491 e. The SMILES string of the molecule is CCC(C)n1ncn(-c2ccc(N3CCN(c4ccc(OC[C@@H]5CO[C@@](Cn6nccn6)(c6ccccc6)O5)cc4)CC3C)cc2)c1=O. The van der Waals surface area contributed by atoms with Crippen LogP contribution in [-0.2, 0) is 21.8 Å². The van der Waals surface area contributed by atoms with Crippen LogP contribution in [-0.4, -0.2) is 74.3 Å². The van der Waals surface area contributed by atoms with Gasteiger partial charge in [0, 0.05) is 42.6 Å². The first kappa shape index (κ1) is 31.6. The highest BCUT2D eigenvalue weighted by Crippen LogP contribution is 2.36. The van der Waals surface area contributed by atoms with Crippen molar-refractivity contribution in [3.8, 4) is 11.4 Å². The van der Waals surface area contributed by atoms with Crippen LogP contribution in [0.15, 0.2) is 102 Å². The van der Waals surface area contributed by atoms with Gasteiger partial charge in [0.05, 0.1) is 30.7 Å². The van der Waals surface area contributed by atoms with E-state index in [-0.39, 0.29) is 17.8 Å². The fourth-order valence-electron chi connectivity index (χ4n) is 6.47. The Bertz CT molecular complexity index is 1820. The Labute approximate surface area is 280 Å². The maximum Gasteiger partial charge on any atom is 0.350 e. The van der Waals surface area contributed by atoms with E-state index in [1.807, 2.05) is 61.5 Å². The highest BCUT2D eigenvalue weighted by molar-refractivity contribution is 5.55. The van der Waals surface area contributed by atoms with Crippen molar-refractivity contribution in [1.29, 1.82) is 0 Å². The number of piperazine rings is 1. The second kappa shape index (κ2) is 13.7. The van der Waals surface area contributed by atoms with E-state index in [0.29, 0.717) is 25.8 Å². The molecule has 48 heavy (non-hydrogen) atoms. The average Bonchev–Trinajstić information content (AvgIpc) is 3.89. The summed E-state index contributed by atoms with van der Waals surface area (Å²) in [5.74, 6) is -0.190. The summed E-state index contributed by atoms with van der Waals surface area (Å²) in [6, 6.07) is 26.7. The Morgan fingerprint density at radius 2 is 1.62 bits per heavy atom. The van der Waals surface area contributed by atoms with Crippen molar-refractivity contribution in [2.24, 2.45) is 0 Å². The van der Waals surface area contributed by atoms with E-state index >= 15 is 0 Å². The smallest absolute Gasteiger partial charge is 0.350 e. The number of hydrogen-bond donors (Lipinski definition) is 0. The lowest BCUT2D eigenvalue weighted by molar-refractivity contribution is -0.192. The molecule has 12 heteroatoms. The van der Waals surface area contributed by atoms with Crippen LogP contribution in [0.4, 0.5) is 11.4 Å². The van der Waals surface area contributed by atoms with Gasteiger partial charge < -0.3 is 24.0 Å². The van der Waals surface area contributed by atoms with Crippen LogP contribution in [0.2, 0.25) is 0 Å². The number of rotatable bonds is 11. The molecule has 2 aliphatic rings. The van der Waals surface area contributed by atoms with Crippen LogP contribution in [0.5, 0.6) is 5.75 Å². The number of benzene rings is 3. The zero-order valence-electron chi connectivity index (χ0n) is 27.6. The maximum atomic E-state index is 12.8. The predicted octanol–water partition coefficient (Wildman–Crippen LogP) is 4.66. The Morgan fingerprint density at radius 1 is 0.917 bits per heavy atom. The molecule has 5 aromatic rings. The molecule has 2 fully saturated rings. The summed E-state index contributed by atoms with van der Waals surface area (Å²) in [5, 5.41) is 12.8. The lowest BCUT2D eigenvalue weighted by Gasteiger charge is -2.42. The van der Waals surface area contributed by atoms with Gasteiger partial charge in [-0.3, -0.25) is 0 Å². The zero-order valence-corrected chi connectivity index (χ0v) is 27.6. The summed E-state index contributed by atoms with van der Waals surface area (Å²) in [6.07, 6.45) is 5.51. The van der Waals surface area contributed by atoms with Gasteiger partial charge in [0.25, 0.3) is 0 Å². The quantitative estimate of drug-likeness (QED) is 0.202.